The predicted molar refractivity (Wildman–Crippen MR) is 91.9 cm³/mol. The van der Waals surface area contributed by atoms with Crippen molar-refractivity contribution in [3.63, 3.8) is 0 Å². The van der Waals surface area contributed by atoms with E-state index in [0.29, 0.717) is 5.56 Å². The molecule has 21 heavy (non-hydrogen) atoms. The highest BCUT2D eigenvalue weighted by Crippen LogP contribution is 2.28. The Bertz CT molecular complexity index is 518. The van der Waals surface area contributed by atoms with Crippen LogP contribution in [0.4, 0.5) is 8.78 Å². The molecule has 2 rings (SSSR count). The lowest BCUT2D eigenvalue weighted by Gasteiger charge is -2.23. The average Bonchev–Trinajstić information content (AvgIpc) is 2.74. The Kier molecular flexibility index (Phi) is 6.37. The number of hydrogen-bond donors (Lipinski definition) is 1. The van der Waals surface area contributed by atoms with Gasteiger partial charge in [0.15, 0.2) is 5.96 Å². The second kappa shape index (κ2) is 7.38. The first-order chi connectivity index (χ1) is 9.41. The van der Waals surface area contributed by atoms with E-state index in [9.17, 15) is 8.78 Å². The van der Waals surface area contributed by atoms with Gasteiger partial charge >= 0.3 is 0 Å². The summed E-state index contributed by atoms with van der Waals surface area (Å²) in [6.45, 7) is 6.50. The minimum atomic E-state index is -0.430. The Morgan fingerprint density at radius 1 is 1.38 bits per heavy atom. The van der Waals surface area contributed by atoms with Crippen molar-refractivity contribution in [3.8, 4) is 0 Å². The van der Waals surface area contributed by atoms with Gasteiger partial charge in [0.05, 0.1) is 0 Å². The normalized spacial score (nSPS) is 17.6. The summed E-state index contributed by atoms with van der Waals surface area (Å²) in [6, 6.07) is 3.48. The van der Waals surface area contributed by atoms with Crippen LogP contribution in [-0.4, -0.2) is 31.0 Å². The standard InChI is InChI=1S/C15H21F2N3.HI/c1-15(2)6-7-20(10-15)14(18-3)19-9-11-8-12(16)4-5-13(11)17;/h4-5,8H,6-7,9-10H2,1-3H3,(H,18,19);1H. The molecule has 1 heterocycles. The molecule has 0 radical (unpaired) electrons. The van der Waals surface area contributed by atoms with Gasteiger partial charge in [0.2, 0.25) is 0 Å². The zero-order chi connectivity index (χ0) is 14.8. The van der Waals surface area contributed by atoms with Crippen LogP contribution >= 0.6 is 24.0 Å². The first-order valence-corrected chi connectivity index (χ1v) is 6.81. The van der Waals surface area contributed by atoms with Crippen molar-refractivity contribution in [3.05, 3.63) is 35.4 Å². The first-order valence-electron chi connectivity index (χ1n) is 6.81. The maximum atomic E-state index is 13.6. The largest absolute Gasteiger partial charge is 0.352 e. The van der Waals surface area contributed by atoms with Crippen molar-refractivity contribution in [2.24, 2.45) is 10.4 Å². The van der Waals surface area contributed by atoms with Gasteiger partial charge in [-0.1, -0.05) is 13.8 Å². The van der Waals surface area contributed by atoms with Gasteiger partial charge in [-0.2, -0.15) is 0 Å². The highest BCUT2D eigenvalue weighted by Gasteiger charge is 2.30. The molecule has 0 aromatic heterocycles. The van der Waals surface area contributed by atoms with Gasteiger partial charge in [0, 0.05) is 32.2 Å². The van der Waals surface area contributed by atoms with Crippen molar-refractivity contribution in [1.29, 1.82) is 0 Å². The van der Waals surface area contributed by atoms with Gasteiger partial charge in [-0.25, -0.2) is 8.78 Å². The molecule has 1 aliphatic heterocycles. The average molecular weight is 409 g/mol. The van der Waals surface area contributed by atoms with Crippen molar-refractivity contribution in [2.75, 3.05) is 20.1 Å². The Balaban J connectivity index is 0.00000220. The molecule has 1 fully saturated rings. The van der Waals surface area contributed by atoms with Gasteiger partial charge in [-0.15, -0.1) is 24.0 Å². The van der Waals surface area contributed by atoms with Gasteiger partial charge in [0.1, 0.15) is 11.6 Å². The lowest BCUT2D eigenvalue weighted by atomic mass is 9.93. The van der Waals surface area contributed by atoms with Crippen LogP contribution < -0.4 is 5.32 Å². The van der Waals surface area contributed by atoms with E-state index < -0.39 is 11.6 Å². The molecule has 1 N–H and O–H groups in total. The van der Waals surface area contributed by atoms with Gasteiger partial charge in [-0.05, 0) is 30.0 Å². The molecule has 1 aromatic rings. The molecule has 0 bridgehead atoms. The summed E-state index contributed by atoms with van der Waals surface area (Å²) in [4.78, 5) is 6.37. The summed E-state index contributed by atoms with van der Waals surface area (Å²) in [6.07, 6.45) is 1.10. The zero-order valence-electron chi connectivity index (χ0n) is 12.6. The lowest BCUT2D eigenvalue weighted by Crippen LogP contribution is -2.40. The molecular weight excluding hydrogens is 387 g/mol. The van der Waals surface area contributed by atoms with Crippen molar-refractivity contribution in [1.82, 2.24) is 10.2 Å². The third-order valence-corrected chi connectivity index (χ3v) is 3.63. The molecule has 6 heteroatoms. The molecular formula is C15H22F2IN3. The molecule has 0 spiro atoms. The van der Waals surface area contributed by atoms with Gasteiger partial charge < -0.3 is 10.2 Å². The summed E-state index contributed by atoms with van der Waals surface area (Å²) in [7, 11) is 1.70. The molecule has 0 atom stereocenters. The topological polar surface area (TPSA) is 27.6 Å². The minimum absolute atomic E-state index is 0. The van der Waals surface area contributed by atoms with E-state index in [0.717, 1.165) is 37.6 Å². The van der Waals surface area contributed by atoms with E-state index in [1.807, 2.05) is 0 Å². The van der Waals surface area contributed by atoms with Crippen LogP contribution in [0.25, 0.3) is 0 Å². The number of nitrogens with one attached hydrogen (secondary N) is 1. The van der Waals surface area contributed by atoms with E-state index in [-0.39, 0.29) is 35.9 Å². The van der Waals surface area contributed by atoms with Gasteiger partial charge in [0.25, 0.3) is 0 Å². The van der Waals surface area contributed by atoms with E-state index >= 15 is 0 Å². The van der Waals surface area contributed by atoms with E-state index in [4.69, 9.17) is 0 Å². The first kappa shape index (κ1) is 18.1. The lowest BCUT2D eigenvalue weighted by molar-refractivity contribution is 0.370. The molecule has 1 saturated heterocycles. The summed E-state index contributed by atoms with van der Waals surface area (Å²) >= 11 is 0. The van der Waals surface area contributed by atoms with Crippen LogP contribution in [-0.2, 0) is 6.54 Å². The number of likely N-dealkylation sites (tertiary alicyclic amines) is 1. The number of hydrogen-bond acceptors (Lipinski definition) is 1. The Hall–Kier alpha value is -0.920. The number of guanidine groups is 1. The Labute approximate surface area is 141 Å². The number of benzene rings is 1. The minimum Gasteiger partial charge on any atom is -0.352 e. The number of halogens is 3. The third kappa shape index (κ3) is 4.79. The molecule has 1 aliphatic rings. The van der Waals surface area contributed by atoms with Crippen LogP contribution in [0.1, 0.15) is 25.8 Å². The highest BCUT2D eigenvalue weighted by atomic mass is 127. The van der Waals surface area contributed by atoms with Crippen molar-refractivity contribution < 1.29 is 8.78 Å². The Morgan fingerprint density at radius 3 is 2.67 bits per heavy atom. The monoisotopic (exact) mass is 409 g/mol. The Morgan fingerprint density at radius 2 is 2.10 bits per heavy atom. The second-order valence-electron chi connectivity index (χ2n) is 5.97. The fourth-order valence-corrected chi connectivity index (χ4v) is 2.48. The van der Waals surface area contributed by atoms with Crippen LogP contribution in [0.5, 0.6) is 0 Å². The smallest absolute Gasteiger partial charge is 0.193 e. The molecule has 0 unspecified atom stereocenters. The molecule has 1 aromatic carbocycles. The van der Waals surface area contributed by atoms with Crippen LogP contribution in [0.3, 0.4) is 0 Å². The molecule has 0 amide bonds. The van der Waals surface area contributed by atoms with E-state index in [1.54, 1.807) is 7.05 Å². The molecule has 3 nitrogen and oxygen atoms in total. The maximum Gasteiger partial charge on any atom is 0.193 e. The second-order valence-corrected chi connectivity index (χ2v) is 5.97. The highest BCUT2D eigenvalue weighted by molar-refractivity contribution is 14.0. The quantitative estimate of drug-likeness (QED) is 0.461. The molecule has 0 saturated carbocycles. The van der Waals surface area contributed by atoms with Crippen LogP contribution in [0, 0.1) is 17.0 Å². The predicted octanol–water partition coefficient (Wildman–Crippen LogP) is 3.39. The fraction of sp³-hybridized carbons (Fsp3) is 0.533. The van der Waals surface area contributed by atoms with Crippen molar-refractivity contribution >= 4 is 29.9 Å². The van der Waals surface area contributed by atoms with Crippen LogP contribution in [0.15, 0.2) is 23.2 Å². The summed E-state index contributed by atoms with van der Waals surface area (Å²) in [5, 5.41) is 3.10. The SMILES string of the molecule is CN=C(NCc1cc(F)ccc1F)N1CCC(C)(C)C1.I. The van der Waals surface area contributed by atoms with Crippen molar-refractivity contribution in [2.45, 2.75) is 26.8 Å². The van der Waals surface area contributed by atoms with Crippen LogP contribution in [0.2, 0.25) is 0 Å². The summed E-state index contributed by atoms with van der Waals surface area (Å²) in [5.41, 5.74) is 0.575. The fourth-order valence-electron chi connectivity index (χ4n) is 2.48. The third-order valence-electron chi connectivity index (χ3n) is 3.63. The van der Waals surface area contributed by atoms with E-state index in [2.05, 4.69) is 29.1 Å². The number of nitrogens with zero attached hydrogens (tertiary/aromatic N) is 2. The number of rotatable bonds is 2. The molecule has 118 valence electrons. The maximum absolute atomic E-state index is 13.6. The molecule has 0 aliphatic carbocycles. The van der Waals surface area contributed by atoms with Gasteiger partial charge in [-0.3, -0.25) is 4.99 Å². The summed E-state index contributed by atoms with van der Waals surface area (Å²) in [5.74, 6) is -0.101. The zero-order valence-corrected chi connectivity index (χ0v) is 14.9. The summed E-state index contributed by atoms with van der Waals surface area (Å²) < 4.78 is 26.7. The van der Waals surface area contributed by atoms with E-state index in [1.165, 1.54) is 6.07 Å². The number of aliphatic imine (C=N–C) groups is 1.